The molecule has 0 saturated carbocycles. The molecule has 0 bridgehead atoms. The summed E-state index contributed by atoms with van der Waals surface area (Å²) in [5.74, 6) is 0. The first-order valence-electron chi connectivity index (χ1n) is 6.61. The number of anilines is 1. The summed E-state index contributed by atoms with van der Waals surface area (Å²) in [6.07, 6.45) is 0. The largest absolute Gasteiger partial charge is 0.338 e. The Hall–Kier alpha value is -1.91. The molecular weight excluding hydrogens is 266 g/mol. The second-order valence-corrected chi connectivity index (χ2v) is 5.59. The van der Waals surface area contributed by atoms with Crippen LogP contribution >= 0.6 is 12.2 Å². The minimum absolute atomic E-state index is 0.388. The number of rotatable bonds is 2. The molecule has 2 aromatic carbocycles. The van der Waals surface area contributed by atoms with Gasteiger partial charge in [0.2, 0.25) is 0 Å². The van der Waals surface area contributed by atoms with E-state index < -0.39 is 0 Å². The molecule has 0 aliphatic carbocycles. The Labute approximate surface area is 124 Å². The van der Waals surface area contributed by atoms with E-state index in [1.165, 1.54) is 5.56 Å². The molecule has 3 rings (SSSR count). The van der Waals surface area contributed by atoms with Crippen molar-refractivity contribution < 1.29 is 0 Å². The van der Waals surface area contributed by atoms with Crippen molar-refractivity contribution in [2.24, 2.45) is 0 Å². The van der Waals surface area contributed by atoms with Gasteiger partial charge in [-0.3, -0.25) is 0 Å². The third-order valence-electron chi connectivity index (χ3n) is 3.54. The maximum atomic E-state index is 5.45. The third kappa shape index (κ3) is 2.28. The number of hydrazine groups is 1. The van der Waals surface area contributed by atoms with Crippen LogP contribution in [0.5, 0.6) is 0 Å². The molecule has 0 amide bonds. The molecule has 1 aliphatic rings. The van der Waals surface area contributed by atoms with E-state index in [1.807, 2.05) is 35.3 Å². The molecule has 0 spiro atoms. The van der Waals surface area contributed by atoms with Gasteiger partial charge in [0.1, 0.15) is 5.66 Å². The molecule has 3 nitrogen and oxygen atoms in total. The average Bonchev–Trinajstić information content (AvgIpc) is 2.77. The molecule has 20 heavy (non-hydrogen) atoms. The summed E-state index contributed by atoms with van der Waals surface area (Å²) in [7, 11) is 0. The molecule has 1 aliphatic heterocycles. The Morgan fingerprint density at radius 1 is 1.00 bits per heavy atom. The molecule has 2 N–H and O–H groups in total. The number of hydrogen-bond donors (Lipinski definition) is 2. The highest BCUT2D eigenvalue weighted by Gasteiger charge is 2.37. The summed E-state index contributed by atoms with van der Waals surface area (Å²) < 4.78 is 0. The van der Waals surface area contributed by atoms with E-state index in [9.17, 15) is 0 Å². The molecule has 102 valence electrons. The normalized spacial score (nSPS) is 21.9. The van der Waals surface area contributed by atoms with E-state index in [0.29, 0.717) is 5.11 Å². The van der Waals surface area contributed by atoms with Gasteiger partial charge >= 0.3 is 0 Å². The minimum atomic E-state index is -0.388. The Morgan fingerprint density at radius 2 is 1.65 bits per heavy atom. The first-order valence-corrected chi connectivity index (χ1v) is 7.02. The van der Waals surface area contributed by atoms with Crippen LogP contribution in [-0.4, -0.2) is 5.11 Å². The van der Waals surface area contributed by atoms with Crippen LogP contribution in [0.25, 0.3) is 0 Å². The topological polar surface area (TPSA) is 27.3 Å². The van der Waals surface area contributed by atoms with Gasteiger partial charge in [-0.15, -0.1) is 0 Å². The van der Waals surface area contributed by atoms with Gasteiger partial charge in [-0.25, -0.2) is 5.01 Å². The summed E-state index contributed by atoms with van der Waals surface area (Å²) in [5, 5.41) is 5.95. The zero-order chi connectivity index (χ0) is 14.2. The highest BCUT2D eigenvalue weighted by atomic mass is 32.1. The number of para-hydroxylation sites is 1. The summed E-state index contributed by atoms with van der Waals surface area (Å²) in [6, 6.07) is 18.5. The zero-order valence-electron chi connectivity index (χ0n) is 11.6. The second-order valence-electron chi connectivity index (χ2n) is 5.20. The molecule has 2 aromatic rings. The molecule has 0 unspecified atom stereocenters. The second kappa shape index (κ2) is 4.89. The lowest BCUT2D eigenvalue weighted by atomic mass is 10.0. The first-order chi connectivity index (χ1) is 9.58. The van der Waals surface area contributed by atoms with Crippen LogP contribution in [0, 0.1) is 6.92 Å². The van der Waals surface area contributed by atoms with Crippen molar-refractivity contribution >= 4 is 23.0 Å². The van der Waals surface area contributed by atoms with E-state index in [-0.39, 0.29) is 5.66 Å². The van der Waals surface area contributed by atoms with Gasteiger partial charge in [0, 0.05) is 0 Å². The SMILES string of the molecule is Cc1ccc([C@@]2(C)NC(=S)N(c3ccccc3)N2)cc1. The molecule has 4 heteroatoms. The van der Waals surface area contributed by atoms with Crippen molar-refractivity contribution in [1.82, 2.24) is 10.7 Å². The van der Waals surface area contributed by atoms with Gasteiger partial charge in [-0.1, -0.05) is 48.0 Å². The average molecular weight is 283 g/mol. The molecule has 1 heterocycles. The number of thiocarbonyl (C=S) groups is 1. The van der Waals surface area contributed by atoms with Gasteiger partial charge < -0.3 is 5.32 Å². The van der Waals surface area contributed by atoms with Crippen LogP contribution in [0.2, 0.25) is 0 Å². The smallest absolute Gasteiger partial charge is 0.190 e. The Balaban J connectivity index is 1.91. The van der Waals surface area contributed by atoms with Gasteiger partial charge in [-0.2, -0.15) is 5.43 Å². The maximum Gasteiger partial charge on any atom is 0.190 e. The lowest BCUT2D eigenvalue weighted by Crippen LogP contribution is -2.45. The number of hydrogen-bond acceptors (Lipinski definition) is 2. The standard InChI is InChI=1S/C16H17N3S/c1-12-8-10-13(11-9-12)16(2)17-15(20)19(18-16)14-6-4-3-5-7-14/h3-11,18H,1-2H3,(H,17,20)/t16-/m0/s1. The summed E-state index contributed by atoms with van der Waals surface area (Å²) >= 11 is 5.45. The Kier molecular flexibility index (Phi) is 3.20. The Bertz CT molecular complexity index is 624. The lowest BCUT2D eigenvalue weighted by molar-refractivity contribution is 0.389. The van der Waals surface area contributed by atoms with Crippen LogP contribution in [0.15, 0.2) is 54.6 Å². The van der Waals surface area contributed by atoms with E-state index in [1.54, 1.807) is 0 Å². The molecule has 0 aromatic heterocycles. The highest BCUT2D eigenvalue weighted by Crippen LogP contribution is 2.26. The number of aryl methyl sites for hydroxylation is 1. The van der Waals surface area contributed by atoms with Gasteiger partial charge in [0.25, 0.3) is 0 Å². The third-order valence-corrected chi connectivity index (χ3v) is 3.82. The van der Waals surface area contributed by atoms with Gasteiger partial charge in [0.05, 0.1) is 5.69 Å². The zero-order valence-corrected chi connectivity index (χ0v) is 12.4. The van der Waals surface area contributed by atoms with E-state index in [4.69, 9.17) is 12.2 Å². The van der Waals surface area contributed by atoms with Crippen molar-refractivity contribution in [3.8, 4) is 0 Å². The van der Waals surface area contributed by atoms with Crippen LogP contribution in [-0.2, 0) is 5.66 Å². The van der Waals surface area contributed by atoms with Crippen molar-refractivity contribution in [3.63, 3.8) is 0 Å². The fraction of sp³-hybridized carbons (Fsp3) is 0.188. The van der Waals surface area contributed by atoms with E-state index in [2.05, 4.69) is 48.9 Å². The van der Waals surface area contributed by atoms with Crippen LogP contribution in [0.4, 0.5) is 5.69 Å². The van der Waals surface area contributed by atoms with Crippen LogP contribution < -0.4 is 15.8 Å². The molecule has 1 saturated heterocycles. The van der Waals surface area contributed by atoms with Crippen LogP contribution in [0.1, 0.15) is 18.1 Å². The molecule has 1 atom stereocenters. The number of nitrogens with zero attached hydrogens (tertiary/aromatic N) is 1. The van der Waals surface area contributed by atoms with Crippen molar-refractivity contribution in [3.05, 3.63) is 65.7 Å². The molecule has 1 fully saturated rings. The number of nitrogens with one attached hydrogen (secondary N) is 2. The fourth-order valence-electron chi connectivity index (χ4n) is 2.35. The summed E-state index contributed by atoms with van der Waals surface area (Å²) in [6.45, 7) is 4.18. The highest BCUT2D eigenvalue weighted by molar-refractivity contribution is 7.80. The minimum Gasteiger partial charge on any atom is -0.338 e. The lowest BCUT2D eigenvalue weighted by Gasteiger charge is -2.26. The van der Waals surface area contributed by atoms with Gasteiger partial charge in [0.15, 0.2) is 5.11 Å². The molecular formula is C16H17N3S. The maximum absolute atomic E-state index is 5.45. The van der Waals surface area contributed by atoms with Crippen LogP contribution in [0.3, 0.4) is 0 Å². The van der Waals surface area contributed by atoms with Crippen molar-refractivity contribution in [2.75, 3.05) is 5.01 Å². The first kappa shape index (κ1) is 13.1. The summed E-state index contributed by atoms with van der Waals surface area (Å²) in [5.41, 5.74) is 6.49. The number of benzene rings is 2. The quantitative estimate of drug-likeness (QED) is 0.828. The van der Waals surface area contributed by atoms with E-state index in [0.717, 1.165) is 11.3 Å². The predicted molar refractivity (Wildman–Crippen MR) is 86.3 cm³/mol. The van der Waals surface area contributed by atoms with Crippen molar-refractivity contribution in [2.45, 2.75) is 19.5 Å². The van der Waals surface area contributed by atoms with E-state index >= 15 is 0 Å². The predicted octanol–water partition coefficient (Wildman–Crippen LogP) is 3.07. The van der Waals surface area contributed by atoms with Crippen molar-refractivity contribution in [1.29, 1.82) is 0 Å². The molecule has 0 radical (unpaired) electrons. The Morgan fingerprint density at radius 3 is 2.30 bits per heavy atom. The summed E-state index contributed by atoms with van der Waals surface area (Å²) in [4.78, 5) is 0. The monoisotopic (exact) mass is 283 g/mol. The fourth-order valence-corrected chi connectivity index (χ4v) is 2.71. The van der Waals surface area contributed by atoms with Gasteiger partial charge in [-0.05, 0) is 43.8 Å².